The number of aromatic carboxylic acids is 1. The minimum Gasteiger partial charge on any atom is -0.478 e. The van der Waals surface area contributed by atoms with Crippen molar-refractivity contribution >= 4 is 28.5 Å². The van der Waals surface area contributed by atoms with E-state index in [1.807, 2.05) is 0 Å². The number of alkyl halides is 3. The molecule has 0 radical (unpaired) electrons. The zero-order chi connectivity index (χ0) is 20.6. The Labute approximate surface area is 161 Å². The van der Waals surface area contributed by atoms with Gasteiger partial charge >= 0.3 is 12.1 Å². The number of hydrogen-bond donors (Lipinski definition) is 2. The number of nitrogens with zero attached hydrogens (tertiary/aromatic N) is 1. The van der Waals surface area contributed by atoms with Crippen LogP contribution in [0.4, 0.5) is 17.6 Å². The van der Waals surface area contributed by atoms with E-state index in [0.29, 0.717) is 11.1 Å². The molecule has 0 aliphatic rings. The summed E-state index contributed by atoms with van der Waals surface area (Å²) < 4.78 is 55.6. The smallest absolute Gasteiger partial charge is 0.416 e. The van der Waals surface area contributed by atoms with Crippen molar-refractivity contribution < 1.29 is 32.6 Å². The topological polar surface area (TPSA) is 62.5 Å². The van der Waals surface area contributed by atoms with Crippen molar-refractivity contribution in [1.82, 2.24) is 4.57 Å². The molecule has 0 spiro atoms. The van der Waals surface area contributed by atoms with Crippen LogP contribution in [-0.2, 0) is 19.1 Å². The summed E-state index contributed by atoms with van der Waals surface area (Å²) in [5.74, 6) is -2.42. The van der Waals surface area contributed by atoms with E-state index in [1.165, 1.54) is 22.8 Å². The van der Waals surface area contributed by atoms with Gasteiger partial charge in [-0.15, -0.1) is 0 Å². The molecule has 2 aromatic carbocycles. The second-order valence-electron chi connectivity index (χ2n) is 6.18. The third-order valence-corrected chi connectivity index (χ3v) is 4.61. The average Bonchev–Trinajstić information content (AvgIpc) is 2.92. The number of aliphatic hydroxyl groups is 1. The molecule has 4 nitrogen and oxygen atoms in total. The van der Waals surface area contributed by atoms with E-state index < -0.39 is 29.1 Å². The maximum absolute atomic E-state index is 14.1. The molecule has 2 N–H and O–H groups in total. The lowest BCUT2D eigenvalue weighted by atomic mass is 10.0. The highest BCUT2D eigenvalue weighted by atomic mass is 35.5. The van der Waals surface area contributed by atoms with Crippen LogP contribution in [0.3, 0.4) is 0 Å². The van der Waals surface area contributed by atoms with Gasteiger partial charge in [0.1, 0.15) is 5.82 Å². The SMILES string of the molecule is O=C(O)c1cc2cc(Cc3ccc(Cl)cc3C(F)(F)F)n(CCO)c2cc1F. The first kappa shape index (κ1) is 20.2. The average molecular weight is 416 g/mol. The van der Waals surface area contributed by atoms with Gasteiger partial charge in [-0.25, -0.2) is 9.18 Å². The first-order chi connectivity index (χ1) is 13.1. The van der Waals surface area contributed by atoms with Crippen molar-refractivity contribution in [1.29, 1.82) is 0 Å². The van der Waals surface area contributed by atoms with Crippen molar-refractivity contribution in [3.63, 3.8) is 0 Å². The van der Waals surface area contributed by atoms with Gasteiger partial charge in [0.05, 0.1) is 23.3 Å². The molecule has 0 unspecified atom stereocenters. The van der Waals surface area contributed by atoms with Gasteiger partial charge in [0, 0.05) is 29.1 Å². The molecule has 0 atom stereocenters. The molecule has 1 heterocycles. The third-order valence-electron chi connectivity index (χ3n) is 4.38. The lowest BCUT2D eigenvalue weighted by Gasteiger charge is -2.15. The second kappa shape index (κ2) is 7.44. The highest BCUT2D eigenvalue weighted by Gasteiger charge is 2.33. The van der Waals surface area contributed by atoms with E-state index in [2.05, 4.69) is 0 Å². The molecule has 9 heteroatoms. The highest BCUT2D eigenvalue weighted by molar-refractivity contribution is 6.30. The summed E-state index contributed by atoms with van der Waals surface area (Å²) in [6.07, 6.45) is -4.78. The first-order valence-corrected chi connectivity index (χ1v) is 8.51. The summed E-state index contributed by atoms with van der Waals surface area (Å²) in [6, 6.07) is 7.05. The monoisotopic (exact) mass is 415 g/mol. The van der Waals surface area contributed by atoms with Crippen LogP contribution in [0, 0.1) is 5.82 Å². The molecule has 3 aromatic rings. The third kappa shape index (κ3) is 3.83. The summed E-state index contributed by atoms with van der Waals surface area (Å²) in [6.45, 7) is -0.314. The number of carboxylic acids is 1. The number of hydrogen-bond acceptors (Lipinski definition) is 2. The Hall–Kier alpha value is -2.58. The van der Waals surface area contributed by atoms with Gasteiger partial charge in [-0.1, -0.05) is 17.7 Å². The molecule has 0 aliphatic carbocycles. The Balaban J connectivity index is 2.16. The molecule has 0 aliphatic heterocycles. The standard InChI is InChI=1S/C19H14ClF4NO3/c20-12-2-1-10(15(8-12)19(22,23)24)5-13-6-11-7-14(18(27)28)16(21)9-17(11)25(13)3-4-26/h1-2,6-9,26H,3-5H2,(H,27,28). The fourth-order valence-corrected chi connectivity index (χ4v) is 3.35. The van der Waals surface area contributed by atoms with Crippen LogP contribution in [0.25, 0.3) is 10.9 Å². The molecule has 148 valence electrons. The van der Waals surface area contributed by atoms with Gasteiger partial charge in [0.25, 0.3) is 0 Å². The fourth-order valence-electron chi connectivity index (χ4n) is 3.18. The molecule has 1 aromatic heterocycles. The number of benzene rings is 2. The van der Waals surface area contributed by atoms with E-state index in [-0.39, 0.29) is 35.7 Å². The molecule has 28 heavy (non-hydrogen) atoms. The maximum Gasteiger partial charge on any atom is 0.416 e. The van der Waals surface area contributed by atoms with Gasteiger partial charge < -0.3 is 14.8 Å². The summed E-state index contributed by atoms with van der Waals surface area (Å²) in [5, 5.41) is 18.7. The molecule has 0 amide bonds. The lowest BCUT2D eigenvalue weighted by Crippen LogP contribution is -2.12. The molecular weight excluding hydrogens is 402 g/mol. The van der Waals surface area contributed by atoms with E-state index in [1.54, 1.807) is 0 Å². The molecule has 0 fully saturated rings. The van der Waals surface area contributed by atoms with Crippen molar-refractivity contribution in [2.24, 2.45) is 0 Å². The lowest BCUT2D eigenvalue weighted by molar-refractivity contribution is -0.138. The number of halogens is 5. The quantitative estimate of drug-likeness (QED) is 0.592. The molecule has 0 bridgehead atoms. The Morgan fingerprint density at radius 3 is 2.46 bits per heavy atom. The number of aromatic nitrogens is 1. The Kier molecular flexibility index (Phi) is 5.36. The van der Waals surface area contributed by atoms with Crippen molar-refractivity contribution in [2.45, 2.75) is 19.1 Å². The van der Waals surface area contributed by atoms with Crippen molar-refractivity contribution in [3.05, 3.63) is 69.6 Å². The minimum atomic E-state index is -4.61. The molecular formula is C19H14ClF4NO3. The van der Waals surface area contributed by atoms with Gasteiger partial charge in [-0.05, 0) is 35.9 Å². The van der Waals surface area contributed by atoms with Crippen LogP contribution < -0.4 is 0 Å². The van der Waals surface area contributed by atoms with Gasteiger partial charge in [-0.2, -0.15) is 13.2 Å². The minimum absolute atomic E-state index is 0.0135. The van der Waals surface area contributed by atoms with Crippen LogP contribution in [0.2, 0.25) is 5.02 Å². The normalized spacial score (nSPS) is 11.9. The van der Waals surface area contributed by atoms with Crippen LogP contribution in [0.1, 0.15) is 27.2 Å². The predicted octanol–water partition coefficient (Wildman–Crippen LogP) is 4.73. The van der Waals surface area contributed by atoms with Gasteiger partial charge in [0.15, 0.2) is 0 Å². The largest absolute Gasteiger partial charge is 0.478 e. The highest BCUT2D eigenvalue weighted by Crippen LogP contribution is 2.35. The summed E-state index contributed by atoms with van der Waals surface area (Å²) in [7, 11) is 0. The zero-order valence-corrected chi connectivity index (χ0v) is 15.0. The van der Waals surface area contributed by atoms with Crippen LogP contribution in [0.15, 0.2) is 36.4 Å². The number of rotatable bonds is 5. The van der Waals surface area contributed by atoms with Crippen LogP contribution in [0.5, 0.6) is 0 Å². The molecule has 0 saturated carbocycles. The summed E-state index contributed by atoms with van der Waals surface area (Å²) in [5.41, 5.74) is -0.813. The predicted molar refractivity (Wildman–Crippen MR) is 95.2 cm³/mol. The Morgan fingerprint density at radius 1 is 1.14 bits per heavy atom. The first-order valence-electron chi connectivity index (χ1n) is 8.13. The van der Waals surface area contributed by atoms with E-state index in [9.17, 15) is 27.5 Å². The molecule has 0 saturated heterocycles. The Bertz CT molecular complexity index is 1060. The van der Waals surface area contributed by atoms with Crippen LogP contribution in [-0.4, -0.2) is 27.4 Å². The van der Waals surface area contributed by atoms with Gasteiger partial charge in [-0.3, -0.25) is 0 Å². The second-order valence-corrected chi connectivity index (χ2v) is 6.62. The fraction of sp³-hybridized carbons (Fsp3) is 0.211. The maximum atomic E-state index is 14.1. The number of aliphatic hydroxyl groups excluding tert-OH is 1. The van der Waals surface area contributed by atoms with E-state index >= 15 is 0 Å². The van der Waals surface area contributed by atoms with Crippen molar-refractivity contribution in [2.75, 3.05) is 6.61 Å². The van der Waals surface area contributed by atoms with Crippen molar-refractivity contribution in [3.8, 4) is 0 Å². The number of fused-ring (bicyclic) bond motifs is 1. The number of carboxylic acid groups (broad SMARTS) is 1. The van der Waals surface area contributed by atoms with E-state index in [4.69, 9.17) is 16.7 Å². The molecule has 3 rings (SSSR count). The van der Waals surface area contributed by atoms with Gasteiger partial charge in [0.2, 0.25) is 0 Å². The van der Waals surface area contributed by atoms with Crippen LogP contribution >= 0.6 is 11.6 Å². The summed E-state index contributed by atoms with van der Waals surface area (Å²) in [4.78, 5) is 11.1. The Morgan fingerprint density at radius 2 is 1.86 bits per heavy atom. The van der Waals surface area contributed by atoms with E-state index in [0.717, 1.165) is 18.2 Å². The summed E-state index contributed by atoms with van der Waals surface area (Å²) >= 11 is 5.70. The zero-order valence-electron chi connectivity index (χ0n) is 14.2. The number of carbonyl (C=O) groups is 1.